The number of nitrogens with one attached hydrogen (secondary N) is 1. The van der Waals surface area contributed by atoms with Crippen LogP contribution in [0.5, 0.6) is 5.88 Å². The van der Waals surface area contributed by atoms with Crippen molar-refractivity contribution >= 4 is 22.5 Å². The molecule has 154 valence electrons. The fraction of sp³-hybridized carbons (Fsp3) is 0.273. The van der Waals surface area contributed by atoms with Crippen molar-refractivity contribution in [2.75, 3.05) is 12.4 Å². The highest BCUT2D eigenvalue weighted by Crippen LogP contribution is 2.26. The number of aromatic nitrogens is 4. The number of pyridine rings is 1. The van der Waals surface area contributed by atoms with Gasteiger partial charge in [0.25, 0.3) is 5.91 Å². The van der Waals surface area contributed by atoms with Crippen molar-refractivity contribution < 1.29 is 14.1 Å². The van der Waals surface area contributed by atoms with E-state index in [1.807, 2.05) is 56.6 Å². The number of rotatable bonds is 5. The molecule has 0 fully saturated rings. The molecule has 0 aliphatic rings. The number of nitrogens with zero attached hydrogens (tertiary/aromatic N) is 4. The lowest BCUT2D eigenvalue weighted by molar-refractivity contribution is 0.102. The first-order valence-corrected chi connectivity index (χ1v) is 9.60. The molecule has 0 aliphatic carbocycles. The molecule has 0 bridgehead atoms. The quantitative estimate of drug-likeness (QED) is 0.540. The van der Waals surface area contributed by atoms with Crippen LogP contribution in [0.3, 0.4) is 0 Å². The van der Waals surface area contributed by atoms with Gasteiger partial charge in [-0.15, -0.1) is 0 Å². The minimum atomic E-state index is -0.241. The molecular formula is C22H23N5O3. The second kappa shape index (κ2) is 7.62. The number of hydrogen-bond donors (Lipinski definition) is 1. The van der Waals surface area contributed by atoms with E-state index >= 15 is 0 Å². The number of hydrogen-bond acceptors (Lipinski definition) is 6. The smallest absolute Gasteiger partial charge is 0.256 e. The molecule has 0 radical (unpaired) electrons. The maximum absolute atomic E-state index is 13.2. The highest BCUT2D eigenvalue weighted by molar-refractivity contribution is 6.13. The Morgan fingerprint density at radius 2 is 1.93 bits per heavy atom. The number of benzene rings is 1. The fourth-order valence-corrected chi connectivity index (χ4v) is 3.53. The van der Waals surface area contributed by atoms with Gasteiger partial charge in [-0.3, -0.25) is 9.48 Å². The second-order valence-electron chi connectivity index (χ2n) is 7.19. The summed E-state index contributed by atoms with van der Waals surface area (Å²) >= 11 is 0. The van der Waals surface area contributed by atoms with E-state index in [0.29, 0.717) is 29.2 Å². The van der Waals surface area contributed by atoms with Gasteiger partial charge in [-0.05, 0) is 33.8 Å². The molecule has 0 saturated heterocycles. The molecule has 0 atom stereocenters. The summed E-state index contributed by atoms with van der Waals surface area (Å²) in [5, 5.41) is 12.4. The average Bonchev–Trinajstić information content (AvgIpc) is 3.20. The van der Waals surface area contributed by atoms with Gasteiger partial charge in [-0.25, -0.2) is 4.98 Å². The van der Waals surface area contributed by atoms with Crippen molar-refractivity contribution in [3.05, 3.63) is 64.3 Å². The van der Waals surface area contributed by atoms with Gasteiger partial charge in [0, 0.05) is 17.0 Å². The summed E-state index contributed by atoms with van der Waals surface area (Å²) in [5.74, 6) is 0.914. The van der Waals surface area contributed by atoms with E-state index in [-0.39, 0.29) is 5.91 Å². The zero-order valence-electron chi connectivity index (χ0n) is 17.6. The molecule has 8 nitrogen and oxygen atoms in total. The number of anilines is 1. The Morgan fingerprint density at radius 1 is 1.17 bits per heavy atom. The number of para-hydroxylation sites is 1. The highest BCUT2D eigenvalue weighted by Gasteiger charge is 2.20. The van der Waals surface area contributed by atoms with E-state index in [9.17, 15) is 4.79 Å². The number of aryl methyl sites for hydroxylation is 3. The summed E-state index contributed by atoms with van der Waals surface area (Å²) in [6, 6.07) is 9.13. The van der Waals surface area contributed by atoms with E-state index in [0.717, 1.165) is 33.8 Å². The van der Waals surface area contributed by atoms with E-state index < -0.39 is 0 Å². The molecule has 3 aromatic heterocycles. The van der Waals surface area contributed by atoms with Crippen LogP contribution in [0, 0.1) is 27.7 Å². The third-order valence-electron chi connectivity index (χ3n) is 5.26. The summed E-state index contributed by atoms with van der Waals surface area (Å²) in [4.78, 5) is 17.6. The molecule has 1 aromatic carbocycles. The number of carbonyl (C=O) groups is 1. The highest BCUT2D eigenvalue weighted by atomic mass is 16.5. The number of amides is 1. The molecule has 3 heterocycles. The van der Waals surface area contributed by atoms with Crippen LogP contribution in [0.4, 0.5) is 5.69 Å². The van der Waals surface area contributed by atoms with E-state index in [1.165, 1.54) is 7.11 Å². The standard InChI is InChI=1S/C22H23N5O3/c1-12-18(15(4)30-26-12)11-27-14(3)21(13(2)25-27)24-22(28)17-10-20(29-5)23-19-9-7-6-8-16(17)19/h6-10H,11H2,1-5H3,(H,24,28). The number of carbonyl (C=O) groups excluding carboxylic acids is 1. The van der Waals surface area contributed by atoms with Crippen molar-refractivity contribution in [1.29, 1.82) is 0 Å². The topological polar surface area (TPSA) is 95.1 Å². The van der Waals surface area contributed by atoms with Crippen molar-refractivity contribution in [2.45, 2.75) is 34.2 Å². The van der Waals surface area contributed by atoms with E-state index in [2.05, 4.69) is 20.6 Å². The molecule has 0 aliphatic heterocycles. The Bertz CT molecular complexity index is 1240. The first kappa shape index (κ1) is 19.6. The second-order valence-corrected chi connectivity index (χ2v) is 7.19. The van der Waals surface area contributed by atoms with Gasteiger partial charge in [-0.2, -0.15) is 5.10 Å². The third kappa shape index (κ3) is 3.41. The normalized spacial score (nSPS) is 11.1. The molecule has 0 saturated carbocycles. The number of methoxy groups -OCH3 is 1. The Balaban J connectivity index is 1.68. The van der Waals surface area contributed by atoms with Crippen molar-refractivity contribution in [3.63, 3.8) is 0 Å². The number of ether oxygens (including phenoxy) is 1. The molecule has 8 heteroatoms. The predicted molar refractivity (Wildman–Crippen MR) is 113 cm³/mol. The van der Waals surface area contributed by atoms with Gasteiger partial charge in [0.1, 0.15) is 5.76 Å². The van der Waals surface area contributed by atoms with Crippen molar-refractivity contribution in [2.24, 2.45) is 0 Å². The molecular weight excluding hydrogens is 382 g/mol. The first-order chi connectivity index (χ1) is 14.4. The van der Waals surface area contributed by atoms with Crippen LogP contribution < -0.4 is 10.1 Å². The minimum absolute atomic E-state index is 0.241. The van der Waals surface area contributed by atoms with Crippen LogP contribution >= 0.6 is 0 Å². The molecule has 0 unspecified atom stereocenters. The van der Waals surface area contributed by atoms with Crippen molar-refractivity contribution in [1.82, 2.24) is 19.9 Å². The van der Waals surface area contributed by atoms with E-state index in [1.54, 1.807) is 6.07 Å². The van der Waals surface area contributed by atoms with Crippen LogP contribution in [0.1, 0.15) is 38.8 Å². The van der Waals surface area contributed by atoms with E-state index in [4.69, 9.17) is 9.26 Å². The molecule has 30 heavy (non-hydrogen) atoms. The van der Waals surface area contributed by atoms with Crippen LogP contribution in [0.15, 0.2) is 34.9 Å². The summed E-state index contributed by atoms with van der Waals surface area (Å²) in [6.07, 6.45) is 0. The largest absolute Gasteiger partial charge is 0.481 e. The van der Waals surface area contributed by atoms with Gasteiger partial charge in [0.05, 0.1) is 47.5 Å². The van der Waals surface area contributed by atoms with Gasteiger partial charge in [0.2, 0.25) is 5.88 Å². The Morgan fingerprint density at radius 3 is 2.63 bits per heavy atom. The molecule has 0 spiro atoms. The van der Waals surface area contributed by atoms with Gasteiger partial charge >= 0.3 is 0 Å². The van der Waals surface area contributed by atoms with Crippen LogP contribution in [-0.4, -0.2) is 32.9 Å². The Labute approximate surface area is 173 Å². The van der Waals surface area contributed by atoms with Gasteiger partial charge in [-0.1, -0.05) is 23.4 Å². The molecule has 1 N–H and O–H groups in total. The zero-order valence-corrected chi connectivity index (χ0v) is 17.6. The predicted octanol–water partition coefficient (Wildman–Crippen LogP) is 3.96. The van der Waals surface area contributed by atoms with Crippen molar-refractivity contribution in [3.8, 4) is 5.88 Å². The van der Waals surface area contributed by atoms with Crippen LogP contribution in [-0.2, 0) is 6.54 Å². The minimum Gasteiger partial charge on any atom is -0.481 e. The monoisotopic (exact) mass is 405 g/mol. The molecule has 4 aromatic rings. The van der Waals surface area contributed by atoms with Crippen LogP contribution in [0.2, 0.25) is 0 Å². The first-order valence-electron chi connectivity index (χ1n) is 9.60. The van der Waals surface area contributed by atoms with Gasteiger partial charge < -0.3 is 14.6 Å². The Hall–Kier alpha value is -3.68. The lowest BCUT2D eigenvalue weighted by Crippen LogP contribution is -2.14. The average molecular weight is 405 g/mol. The molecule has 1 amide bonds. The fourth-order valence-electron chi connectivity index (χ4n) is 3.53. The van der Waals surface area contributed by atoms with Gasteiger partial charge in [0.15, 0.2) is 0 Å². The molecule has 4 rings (SSSR count). The number of fused-ring (bicyclic) bond motifs is 1. The lowest BCUT2D eigenvalue weighted by atomic mass is 10.1. The summed E-state index contributed by atoms with van der Waals surface area (Å²) < 4.78 is 12.4. The SMILES string of the molecule is COc1cc(C(=O)Nc2c(C)nn(Cc3c(C)noc3C)c2C)c2ccccc2n1. The zero-order chi connectivity index (χ0) is 21.4. The van der Waals surface area contributed by atoms with Crippen LogP contribution in [0.25, 0.3) is 10.9 Å². The lowest BCUT2D eigenvalue weighted by Gasteiger charge is -2.10. The Kier molecular flexibility index (Phi) is 4.99. The third-order valence-corrected chi connectivity index (χ3v) is 5.26. The maximum Gasteiger partial charge on any atom is 0.256 e. The summed E-state index contributed by atoms with van der Waals surface area (Å²) in [7, 11) is 1.53. The summed E-state index contributed by atoms with van der Waals surface area (Å²) in [5.41, 5.74) is 5.29. The summed E-state index contributed by atoms with van der Waals surface area (Å²) in [6.45, 7) is 8.11. The maximum atomic E-state index is 13.2.